The fourth-order valence-corrected chi connectivity index (χ4v) is 3.44. The maximum Gasteiger partial charge on any atom is 0.410 e. The number of aromatic nitrogens is 2. The molecule has 0 saturated carbocycles. The summed E-state index contributed by atoms with van der Waals surface area (Å²) in [5.74, 6) is -0.236. The summed E-state index contributed by atoms with van der Waals surface area (Å²) in [6.45, 7) is 9.68. The molecule has 1 aliphatic rings. The molecular formula is C22H31N5O4. The molecule has 0 unspecified atom stereocenters. The van der Waals surface area contributed by atoms with E-state index in [1.807, 2.05) is 32.9 Å². The molecule has 0 bridgehead atoms. The van der Waals surface area contributed by atoms with Crippen molar-refractivity contribution in [3.63, 3.8) is 0 Å². The fraction of sp³-hybridized carbons (Fsp3) is 0.545. The molecule has 1 aromatic carbocycles. The SMILES string of the molecule is CC(C)(C)OC(=O)N1CCN(CCCNC(=O)Cn2ncc3ccccc3c2=O)CC1. The van der Waals surface area contributed by atoms with Gasteiger partial charge in [0.1, 0.15) is 12.1 Å². The summed E-state index contributed by atoms with van der Waals surface area (Å²) in [7, 11) is 0. The molecular weight excluding hydrogens is 398 g/mol. The topological polar surface area (TPSA) is 96.8 Å². The van der Waals surface area contributed by atoms with Crippen molar-refractivity contribution in [1.29, 1.82) is 0 Å². The average Bonchev–Trinajstić information content (AvgIpc) is 2.73. The zero-order chi connectivity index (χ0) is 22.4. The number of rotatable bonds is 6. The van der Waals surface area contributed by atoms with E-state index in [9.17, 15) is 14.4 Å². The molecule has 3 rings (SSSR count). The monoisotopic (exact) mass is 429 g/mol. The Bertz CT molecular complexity index is 974. The number of amides is 2. The van der Waals surface area contributed by atoms with E-state index in [-0.39, 0.29) is 24.1 Å². The summed E-state index contributed by atoms with van der Waals surface area (Å²) >= 11 is 0. The van der Waals surface area contributed by atoms with E-state index in [0.29, 0.717) is 25.0 Å². The van der Waals surface area contributed by atoms with Crippen molar-refractivity contribution in [2.45, 2.75) is 39.3 Å². The maximum atomic E-state index is 12.4. The van der Waals surface area contributed by atoms with Crippen LogP contribution in [-0.2, 0) is 16.1 Å². The van der Waals surface area contributed by atoms with Crippen LogP contribution in [0.4, 0.5) is 4.79 Å². The van der Waals surface area contributed by atoms with Gasteiger partial charge >= 0.3 is 6.09 Å². The zero-order valence-electron chi connectivity index (χ0n) is 18.5. The van der Waals surface area contributed by atoms with Crippen LogP contribution in [0.5, 0.6) is 0 Å². The van der Waals surface area contributed by atoms with E-state index < -0.39 is 5.60 Å². The van der Waals surface area contributed by atoms with Crippen molar-refractivity contribution in [3.8, 4) is 0 Å². The van der Waals surface area contributed by atoms with Crippen LogP contribution < -0.4 is 10.9 Å². The number of piperazine rings is 1. The van der Waals surface area contributed by atoms with Crippen molar-refractivity contribution in [1.82, 2.24) is 24.9 Å². The van der Waals surface area contributed by atoms with Crippen molar-refractivity contribution in [2.24, 2.45) is 0 Å². The van der Waals surface area contributed by atoms with Gasteiger partial charge in [0.25, 0.3) is 5.56 Å². The van der Waals surface area contributed by atoms with Gasteiger partial charge in [-0.15, -0.1) is 0 Å². The number of ether oxygens (including phenoxy) is 1. The van der Waals surface area contributed by atoms with Gasteiger partial charge in [-0.25, -0.2) is 9.48 Å². The number of hydrogen-bond acceptors (Lipinski definition) is 6. The summed E-state index contributed by atoms with van der Waals surface area (Å²) in [5, 5.41) is 8.24. The van der Waals surface area contributed by atoms with Gasteiger partial charge in [-0.05, 0) is 39.8 Å². The summed E-state index contributed by atoms with van der Waals surface area (Å²) in [6, 6.07) is 7.19. The molecule has 2 amide bonds. The highest BCUT2D eigenvalue weighted by atomic mass is 16.6. The van der Waals surface area contributed by atoms with Crippen molar-refractivity contribution < 1.29 is 14.3 Å². The number of benzene rings is 1. The Morgan fingerprint density at radius 3 is 2.55 bits per heavy atom. The summed E-state index contributed by atoms with van der Waals surface area (Å²) in [6.07, 6.45) is 2.12. The molecule has 1 N–H and O–H groups in total. The Balaban J connectivity index is 1.36. The van der Waals surface area contributed by atoms with Gasteiger partial charge in [-0.3, -0.25) is 14.5 Å². The highest BCUT2D eigenvalue weighted by Gasteiger charge is 2.25. The molecule has 1 aliphatic heterocycles. The smallest absolute Gasteiger partial charge is 0.410 e. The molecule has 0 radical (unpaired) electrons. The Labute approximate surface area is 182 Å². The van der Waals surface area contributed by atoms with Gasteiger partial charge in [-0.1, -0.05) is 18.2 Å². The van der Waals surface area contributed by atoms with Crippen LogP contribution in [0.15, 0.2) is 35.3 Å². The molecule has 31 heavy (non-hydrogen) atoms. The normalized spacial score (nSPS) is 15.1. The minimum absolute atomic E-state index is 0.0990. The molecule has 9 heteroatoms. The molecule has 0 spiro atoms. The summed E-state index contributed by atoms with van der Waals surface area (Å²) in [4.78, 5) is 40.7. The van der Waals surface area contributed by atoms with Crippen LogP contribution in [-0.4, -0.2) is 76.5 Å². The first kappa shape index (κ1) is 22.7. The van der Waals surface area contributed by atoms with E-state index in [0.717, 1.165) is 31.4 Å². The van der Waals surface area contributed by atoms with Crippen LogP contribution >= 0.6 is 0 Å². The second-order valence-electron chi connectivity index (χ2n) is 8.71. The Kier molecular flexibility index (Phi) is 7.27. The molecule has 9 nitrogen and oxygen atoms in total. The zero-order valence-corrected chi connectivity index (χ0v) is 18.5. The molecule has 0 atom stereocenters. The van der Waals surface area contributed by atoms with Crippen molar-refractivity contribution in [2.75, 3.05) is 39.3 Å². The Hall–Kier alpha value is -2.94. The largest absolute Gasteiger partial charge is 0.444 e. The lowest BCUT2D eigenvalue weighted by Gasteiger charge is -2.35. The average molecular weight is 430 g/mol. The van der Waals surface area contributed by atoms with E-state index in [1.54, 1.807) is 23.2 Å². The number of fused-ring (bicyclic) bond motifs is 1. The van der Waals surface area contributed by atoms with Crippen molar-refractivity contribution in [3.05, 3.63) is 40.8 Å². The molecule has 2 aromatic rings. The first-order chi connectivity index (χ1) is 14.7. The standard InChI is InChI=1S/C22H31N5O4/c1-22(2,3)31-21(30)26-13-11-25(12-14-26)10-6-9-23-19(28)16-27-20(29)18-8-5-4-7-17(18)15-24-27/h4-5,7-8,15H,6,9-14,16H2,1-3H3,(H,23,28). The van der Waals surface area contributed by atoms with Gasteiger partial charge in [-0.2, -0.15) is 5.10 Å². The van der Waals surface area contributed by atoms with Crippen LogP contribution in [0.25, 0.3) is 10.8 Å². The van der Waals surface area contributed by atoms with Crippen molar-refractivity contribution >= 4 is 22.8 Å². The second kappa shape index (κ2) is 9.91. The van der Waals surface area contributed by atoms with Crippen LogP contribution in [0, 0.1) is 0 Å². The Morgan fingerprint density at radius 2 is 1.84 bits per heavy atom. The first-order valence-electron chi connectivity index (χ1n) is 10.6. The first-order valence-corrected chi connectivity index (χ1v) is 10.6. The quantitative estimate of drug-likeness (QED) is 0.699. The molecule has 1 aromatic heterocycles. The highest BCUT2D eigenvalue weighted by Crippen LogP contribution is 2.12. The lowest BCUT2D eigenvalue weighted by molar-refractivity contribution is -0.121. The highest BCUT2D eigenvalue weighted by molar-refractivity contribution is 5.81. The summed E-state index contributed by atoms with van der Waals surface area (Å²) < 4.78 is 6.60. The number of nitrogens with one attached hydrogen (secondary N) is 1. The third-order valence-corrected chi connectivity index (χ3v) is 5.05. The fourth-order valence-electron chi connectivity index (χ4n) is 3.44. The molecule has 0 aliphatic carbocycles. The predicted molar refractivity (Wildman–Crippen MR) is 118 cm³/mol. The third-order valence-electron chi connectivity index (χ3n) is 5.05. The lowest BCUT2D eigenvalue weighted by atomic mass is 10.2. The minimum Gasteiger partial charge on any atom is -0.444 e. The maximum absolute atomic E-state index is 12.4. The van der Waals surface area contributed by atoms with Gasteiger partial charge in [0.15, 0.2) is 0 Å². The van der Waals surface area contributed by atoms with Gasteiger partial charge < -0.3 is 15.0 Å². The third kappa shape index (κ3) is 6.52. The predicted octanol–water partition coefficient (Wildman–Crippen LogP) is 1.46. The number of hydrogen-bond donors (Lipinski definition) is 1. The molecule has 1 fully saturated rings. The Morgan fingerprint density at radius 1 is 1.13 bits per heavy atom. The van der Waals surface area contributed by atoms with E-state index in [4.69, 9.17) is 4.74 Å². The second-order valence-corrected chi connectivity index (χ2v) is 8.71. The van der Waals surface area contributed by atoms with E-state index >= 15 is 0 Å². The van der Waals surface area contributed by atoms with Crippen LogP contribution in [0.3, 0.4) is 0 Å². The van der Waals surface area contributed by atoms with Crippen LogP contribution in [0.2, 0.25) is 0 Å². The van der Waals surface area contributed by atoms with E-state index in [1.165, 1.54) is 4.68 Å². The lowest BCUT2D eigenvalue weighted by Crippen LogP contribution is -2.50. The van der Waals surface area contributed by atoms with E-state index in [2.05, 4.69) is 15.3 Å². The molecule has 168 valence electrons. The van der Waals surface area contributed by atoms with Gasteiger partial charge in [0.05, 0.1) is 11.6 Å². The number of carbonyl (C=O) groups is 2. The van der Waals surface area contributed by atoms with Gasteiger partial charge in [0.2, 0.25) is 5.91 Å². The molecule has 2 heterocycles. The summed E-state index contributed by atoms with van der Waals surface area (Å²) in [5.41, 5.74) is -0.754. The van der Waals surface area contributed by atoms with Gasteiger partial charge in [0, 0.05) is 38.1 Å². The molecule has 1 saturated heterocycles. The number of nitrogens with zero attached hydrogens (tertiary/aromatic N) is 4. The van der Waals surface area contributed by atoms with Crippen LogP contribution in [0.1, 0.15) is 27.2 Å². The minimum atomic E-state index is -0.486. The number of carbonyl (C=O) groups excluding carboxylic acids is 2.